The number of aryl methyl sites for hydroxylation is 1. The summed E-state index contributed by atoms with van der Waals surface area (Å²) in [5, 5.41) is 11.6. The van der Waals surface area contributed by atoms with Crippen LogP contribution in [0.4, 0.5) is 0 Å². The Morgan fingerprint density at radius 2 is 1.78 bits per heavy atom. The van der Waals surface area contributed by atoms with Crippen LogP contribution >= 0.6 is 11.3 Å². The van der Waals surface area contributed by atoms with Gasteiger partial charge >= 0.3 is 5.97 Å². The number of thiophene rings is 1. The molecule has 0 aliphatic heterocycles. The van der Waals surface area contributed by atoms with Crippen LogP contribution in [-0.4, -0.2) is 30.1 Å². The predicted octanol–water partition coefficient (Wildman–Crippen LogP) is 3.34. The standard InChI is InChI=1S/C17H19NO4S/c1-12-4-6-13(7-5-12)22-11-3-2-10-18-16(19)14-8-9-15(23-14)17(20)21/h4-9H,2-3,10-11H2,1H3,(H,18,19)(H,20,21). The summed E-state index contributed by atoms with van der Waals surface area (Å²) in [5.41, 5.74) is 1.19. The molecule has 0 saturated carbocycles. The van der Waals surface area contributed by atoms with Gasteiger partial charge in [-0.05, 0) is 44.0 Å². The van der Waals surface area contributed by atoms with Crippen LogP contribution in [-0.2, 0) is 0 Å². The second-order valence-electron chi connectivity index (χ2n) is 5.09. The first-order valence-corrected chi connectivity index (χ1v) is 8.19. The van der Waals surface area contributed by atoms with Gasteiger partial charge in [0.05, 0.1) is 11.5 Å². The Hall–Kier alpha value is -2.34. The molecule has 0 spiro atoms. The minimum atomic E-state index is -1.01. The monoisotopic (exact) mass is 333 g/mol. The van der Waals surface area contributed by atoms with Crippen LogP contribution in [0.2, 0.25) is 0 Å². The minimum absolute atomic E-state index is 0.168. The second kappa shape index (κ2) is 8.33. The summed E-state index contributed by atoms with van der Waals surface area (Å²) in [6.07, 6.45) is 1.63. The van der Waals surface area contributed by atoms with E-state index in [1.807, 2.05) is 31.2 Å². The molecule has 0 aliphatic rings. The number of carbonyl (C=O) groups excluding carboxylic acids is 1. The first-order valence-electron chi connectivity index (χ1n) is 7.37. The van der Waals surface area contributed by atoms with Crippen molar-refractivity contribution in [2.75, 3.05) is 13.2 Å². The third-order valence-corrected chi connectivity index (χ3v) is 4.26. The van der Waals surface area contributed by atoms with E-state index in [4.69, 9.17) is 9.84 Å². The molecule has 0 fully saturated rings. The molecule has 0 saturated heterocycles. The van der Waals surface area contributed by atoms with Crippen LogP contribution in [0, 0.1) is 6.92 Å². The number of benzene rings is 1. The van der Waals surface area contributed by atoms with Crippen molar-refractivity contribution < 1.29 is 19.4 Å². The lowest BCUT2D eigenvalue weighted by molar-refractivity contribution is 0.0702. The van der Waals surface area contributed by atoms with Gasteiger partial charge in [-0.2, -0.15) is 0 Å². The maximum absolute atomic E-state index is 11.8. The molecule has 0 aliphatic carbocycles. The van der Waals surface area contributed by atoms with E-state index in [1.54, 1.807) is 0 Å². The van der Waals surface area contributed by atoms with Gasteiger partial charge in [0.1, 0.15) is 10.6 Å². The number of nitrogens with one attached hydrogen (secondary N) is 1. The zero-order valence-electron chi connectivity index (χ0n) is 12.9. The molecular formula is C17H19NO4S. The average molecular weight is 333 g/mol. The topological polar surface area (TPSA) is 75.6 Å². The van der Waals surface area contributed by atoms with Gasteiger partial charge in [-0.1, -0.05) is 17.7 Å². The van der Waals surface area contributed by atoms with E-state index in [0.717, 1.165) is 29.9 Å². The van der Waals surface area contributed by atoms with E-state index in [0.29, 0.717) is 18.0 Å². The largest absolute Gasteiger partial charge is 0.494 e. The van der Waals surface area contributed by atoms with E-state index >= 15 is 0 Å². The average Bonchev–Trinajstić information content (AvgIpc) is 3.02. The Morgan fingerprint density at radius 1 is 1.09 bits per heavy atom. The molecule has 2 N–H and O–H groups in total. The first-order chi connectivity index (χ1) is 11.1. The molecule has 1 aromatic carbocycles. The summed E-state index contributed by atoms with van der Waals surface area (Å²) in [6, 6.07) is 10.9. The lowest BCUT2D eigenvalue weighted by atomic mass is 10.2. The van der Waals surface area contributed by atoms with Crippen molar-refractivity contribution in [1.29, 1.82) is 0 Å². The molecule has 122 valence electrons. The third kappa shape index (κ3) is 5.41. The summed E-state index contributed by atoms with van der Waals surface area (Å²) in [4.78, 5) is 23.2. The summed E-state index contributed by atoms with van der Waals surface area (Å²) in [7, 11) is 0. The molecule has 2 aromatic rings. The van der Waals surface area contributed by atoms with Gasteiger partial charge in [0.2, 0.25) is 0 Å². The molecule has 2 rings (SSSR count). The maximum atomic E-state index is 11.8. The van der Waals surface area contributed by atoms with Crippen molar-refractivity contribution >= 4 is 23.2 Å². The number of amides is 1. The van der Waals surface area contributed by atoms with Crippen molar-refractivity contribution in [2.24, 2.45) is 0 Å². The van der Waals surface area contributed by atoms with Crippen LogP contribution in [0.1, 0.15) is 37.7 Å². The highest BCUT2D eigenvalue weighted by Crippen LogP contribution is 2.16. The van der Waals surface area contributed by atoms with E-state index in [-0.39, 0.29) is 10.8 Å². The number of hydrogen-bond donors (Lipinski definition) is 2. The second-order valence-corrected chi connectivity index (χ2v) is 6.18. The number of unbranched alkanes of at least 4 members (excludes halogenated alkanes) is 1. The van der Waals surface area contributed by atoms with Crippen molar-refractivity contribution in [3.05, 3.63) is 51.7 Å². The zero-order chi connectivity index (χ0) is 16.7. The van der Waals surface area contributed by atoms with Crippen molar-refractivity contribution in [3.63, 3.8) is 0 Å². The van der Waals surface area contributed by atoms with Crippen LogP contribution in [0.5, 0.6) is 5.75 Å². The molecule has 1 aromatic heterocycles. The summed E-state index contributed by atoms with van der Waals surface area (Å²) in [5.74, 6) is -0.399. The lowest BCUT2D eigenvalue weighted by Crippen LogP contribution is -2.23. The van der Waals surface area contributed by atoms with Gasteiger partial charge in [-0.25, -0.2) is 4.79 Å². The fraction of sp³-hybridized carbons (Fsp3) is 0.294. The minimum Gasteiger partial charge on any atom is -0.494 e. The number of carbonyl (C=O) groups is 2. The van der Waals surface area contributed by atoms with Gasteiger partial charge in [-0.3, -0.25) is 4.79 Å². The normalized spacial score (nSPS) is 10.3. The maximum Gasteiger partial charge on any atom is 0.345 e. The summed E-state index contributed by atoms with van der Waals surface area (Å²) < 4.78 is 5.61. The van der Waals surface area contributed by atoms with Gasteiger partial charge in [0, 0.05) is 6.54 Å². The quantitative estimate of drug-likeness (QED) is 0.727. The summed E-state index contributed by atoms with van der Waals surface area (Å²) in [6.45, 7) is 3.16. The van der Waals surface area contributed by atoms with Gasteiger partial charge in [0.25, 0.3) is 5.91 Å². The number of aromatic carboxylic acids is 1. The summed E-state index contributed by atoms with van der Waals surface area (Å²) >= 11 is 0.980. The van der Waals surface area contributed by atoms with Crippen LogP contribution in [0.3, 0.4) is 0 Å². The highest BCUT2D eigenvalue weighted by atomic mass is 32.1. The number of hydrogen-bond acceptors (Lipinski definition) is 4. The highest BCUT2D eigenvalue weighted by molar-refractivity contribution is 7.15. The van der Waals surface area contributed by atoms with Gasteiger partial charge < -0.3 is 15.2 Å². The molecule has 0 radical (unpaired) electrons. The molecule has 23 heavy (non-hydrogen) atoms. The van der Waals surface area contributed by atoms with Crippen LogP contribution in [0.15, 0.2) is 36.4 Å². The molecule has 1 heterocycles. The smallest absolute Gasteiger partial charge is 0.345 e. The number of carboxylic acids is 1. The fourth-order valence-corrected chi connectivity index (χ4v) is 2.68. The number of ether oxygens (including phenoxy) is 1. The zero-order valence-corrected chi connectivity index (χ0v) is 13.7. The molecule has 1 amide bonds. The Labute approximate surface area is 138 Å². The molecule has 6 heteroatoms. The van der Waals surface area contributed by atoms with E-state index in [2.05, 4.69) is 5.32 Å². The Kier molecular flexibility index (Phi) is 6.17. The van der Waals surface area contributed by atoms with E-state index in [1.165, 1.54) is 17.7 Å². The Morgan fingerprint density at radius 3 is 2.43 bits per heavy atom. The SMILES string of the molecule is Cc1ccc(OCCCCNC(=O)c2ccc(C(=O)O)s2)cc1. The number of carboxylic acid groups (broad SMARTS) is 1. The van der Waals surface area contributed by atoms with Crippen molar-refractivity contribution in [3.8, 4) is 5.75 Å². The van der Waals surface area contributed by atoms with Crippen LogP contribution < -0.4 is 10.1 Å². The van der Waals surface area contributed by atoms with Crippen molar-refractivity contribution in [1.82, 2.24) is 5.32 Å². The Balaban J connectivity index is 1.62. The predicted molar refractivity (Wildman–Crippen MR) is 89.5 cm³/mol. The van der Waals surface area contributed by atoms with Gasteiger partial charge in [-0.15, -0.1) is 11.3 Å². The lowest BCUT2D eigenvalue weighted by Gasteiger charge is -2.07. The number of rotatable bonds is 8. The fourth-order valence-electron chi connectivity index (χ4n) is 1.92. The molecular weight excluding hydrogens is 314 g/mol. The third-order valence-electron chi connectivity index (χ3n) is 3.19. The highest BCUT2D eigenvalue weighted by Gasteiger charge is 2.12. The first kappa shape index (κ1) is 17.0. The Bertz CT molecular complexity index is 663. The van der Waals surface area contributed by atoms with Gasteiger partial charge in [0.15, 0.2) is 0 Å². The van der Waals surface area contributed by atoms with E-state index in [9.17, 15) is 9.59 Å². The van der Waals surface area contributed by atoms with Crippen LogP contribution in [0.25, 0.3) is 0 Å². The molecule has 0 atom stereocenters. The molecule has 0 unspecified atom stereocenters. The molecule has 0 bridgehead atoms. The van der Waals surface area contributed by atoms with E-state index < -0.39 is 5.97 Å². The molecule has 5 nitrogen and oxygen atoms in total. The van der Waals surface area contributed by atoms with Crippen molar-refractivity contribution in [2.45, 2.75) is 19.8 Å².